The Bertz CT molecular complexity index is 959. The number of benzene rings is 2. The molecule has 1 atom stereocenters. The lowest BCUT2D eigenvalue weighted by molar-refractivity contribution is 0.0974. The van der Waals surface area contributed by atoms with E-state index >= 15 is 0 Å². The van der Waals surface area contributed by atoms with Crippen LogP contribution < -0.4 is 24.8 Å². The lowest BCUT2D eigenvalue weighted by atomic mass is 10.1. The van der Waals surface area contributed by atoms with Crippen LogP contribution in [-0.2, 0) is 4.74 Å². The van der Waals surface area contributed by atoms with Crippen molar-refractivity contribution in [1.29, 1.82) is 0 Å². The number of carbonyl (C=O) groups is 1. The highest BCUT2D eigenvalue weighted by Crippen LogP contribution is 2.38. The molecule has 1 amide bonds. The van der Waals surface area contributed by atoms with E-state index in [1.807, 2.05) is 32.0 Å². The smallest absolute Gasteiger partial charge is 0.258 e. The maximum Gasteiger partial charge on any atom is 0.258 e. The molecule has 8 nitrogen and oxygen atoms in total. The van der Waals surface area contributed by atoms with Crippen LogP contribution in [0.1, 0.15) is 34.3 Å². The van der Waals surface area contributed by atoms with Crippen LogP contribution in [0.4, 0.5) is 5.69 Å². The fourth-order valence-electron chi connectivity index (χ4n) is 3.48. The van der Waals surface area contributed by atoms with Crippen molar-refractivity contribution in [2.45, 2.75) is 32.8 Å². The molecular formula is C24H31N3O5. The molecule has 8 heteroatoms. The second kappa shape index (κ2) is 10.9. The predicted octanol–water partition coefficient (Wildman–Crippen LogP) is 3.71. The van der Waals surface area contributed by atoms with Crippen molar-refractivity contribution in [3.05, 3.63) is 47.0 Å². The summed E-state index contributed by atoms with van der Waals surface area (Å²) in [7, 11) is 4.54. The molecule has 32 heavy (non-hydrogen) atoms. The van der Waals surface area contributed by atoms with Crippen molar-refractivity contribution in [3.63, 3.8) is 0 Å². The lowest BCUT2D eigenvalue weighted by Crippen LogP contribution is -2.37. The van der Waals surface area contributed by atoms with Crippen LogP contribution in [0.3, 0.4) is 0 Å². The first-order valence-electron chi connectivity index (χ1n) is 10.6. The van der Waals surface area contributed by atoms with Crippen LogP contribution in [0.2, 0.25) is 0 Å². The number of guanidine groups is 1. The van der Waals surface area contributed by atoms with E-state index in [1.165, 1.54) is 21.3 Å². The van der Waals surface area contributed by atoms with Crippen LogP contribution in [0.25, 0.3) is 0 Å². The average molecular weight is 442 g/mol. The number of rotatable bonds is 7. The van der Waals surface area contributed by atoms with E-state index in [9.17, 15) is 4.79 Å². The molecule has 1 saturated heterocycles. The van der Waals surface area contributed by atoms with Gasteiger partial charge in [0.1, 0.15) is 0 Å². The number of hydrogen-bond acceptors (Lipinski definition) is 6. The Hall–Kier alpha value is -3.26. The van der Waals surface area contributed by atoms with Gasteiger partial charge in [0.2, 0.25) is 11.7 Å². The molecule has 0 radical (unpaired) electrons. The number of nitrogens with one attached hydrogen (secondary N) is 2. The molecule has 0 aromatic heterocycles. The average Bonchev–Trinajstić information content (AvgIpc) is 3.32. The zero-order valence-electron chi connectivity index (χ0n) is 19.3. The molecule has 0 saturated carbocycles. The van der Waals surface area contributed by atoms with Crippen LogP contribution in [0, 0.1) is 13.8 Å². The van der Waals surface area contributed by atoms with E-state index in [1.54, 1.807) is 12.1 Å². The molecule has 0 aliphatic carbocycles. The van der Waals surface area contributed by atoms with Crippen LogP contribution in [-0.4, -0.2) is 52.5 Å². The topological polar surface area (TPSA) is 90.4 Å². The Morgan fingerprint density at radius 2 is 1.81 bits per heavy atom. The third kappa shape index (κ3) is 5.70. The van der Waals surface area contributed by atoms with Gasteiger partial charge in [-0.3, -0.25) is 10.1 Å². The summed E-state index contributed by atoms with van der Waals surface area (Å²) in [5.41, 5.74) is 3.38. The first-order valence-corrected chi connectivity index (χ1v) is 10.6. The lowest BCUT2D eigenvalue weighted by Gasteiger charge is -2.17. The van der Waals surface area contributed by atoms with Crippen molar-refractivity contribution in [3.8, 4) is 17.2 Å². The highest BCUT2D eigenvalue weighted by molar-refractivity contribution is 6.10. The number of amides is 1. The van der Waals surface area contributed by atoms with Crippen molar-refractivity contribution >= 4 is 17.6 Å². The number of hydrogen-bond donors (Lipinski definition) is 2. The van der Waals surface area contributed by atoms with E-state index < -0.39 is 0 Å². The highest BCUT2D eigenvalue weighted by Gasteiger charge is 2.19. The summed E-state index contributed by atoms with van der Waals surface area (Å²) in [6.07, 6.45) is 2.04. The van der Waals surface area contributed by atoms with Gasteiger partial charge < -0.3 is 24.3 Å². The van der Waals surface area contributed by atoms with Crippen LogP contribution in [0.15, 0.2) is 35.3 Å². The SMILES string of the molecule is COc1cc(C(=O)NC(=NC[C@@H]2CCCO2)Nc2cc(C)ccc2C)cc(OC)c1OC. The predicted molar refractivity (Wildman–Crippen MR) is 124 cm³/mol. The summed E-state index contributed by atoms with van der Waals surface area (Å²) < 4.78 is 21.8. The molecule has 2 N–H and O–H groups in total. The second-order valence-corrected chi connectivity index (χ2v) is 7.64. The van der Waals surface area contributed by atoms with Gasteiger partial charge in [-0.25, -0.2) is 4.99 Å². The highest BCUT2D eigenvalue weighted by atomic mass is 16.5. The van der Waals surface area contributed by atoms with Gasteiger partial charge in [-0.1, -0.05) is 12.1 Å². The third-order valence-corrected chi connectivity index (χ3v) is 5.28. The van der Waals surface area contributed by atoms with Crippen molar-refractivity contribution in [2.75, 3.05) is 39.8 Å². The molecule has 0 bridgehead atoms. The van der Waals surface area contributed by atoms with Crippen LogP contribution >= 0.6 is 0 Å². The largest absolute Gasteiger partial charge is 0.493 e. The number of aliphatic imine (C=N–C) groups is 1. The summed E-state index contributed by atoms with van der Waals surface area (Å²) >= 11 is 0. The van der Waals surface area contributed by atoms with Gasteiger partial charge in [-0.15, -0.1) is 0 Å². The summed E-state index contributed by atoms with van der Waals surface area (Å²) in [5, 5.41) is 6.15. The molecule has 2 aromatic carbocycles. The molecule has 0 unspecified atom stereocenters. The quantitative estimate of drug-likeness (QED) is 0.503. The van der Waals surface area contributed by atoms with E-state index in [0.29, 0.717) is 35.3 Å². The maximum atomic E-state index is 13.1. The number of carbonyl (C=O) groups excluding carboxylic acids is 1. The fraction of sp³-hybridized carbons (Fsp3) is 0.417. The van der Waals surface area contributed by atoms with E-state index in [2.05, 4.69) is 15.6 Å². The summed E-state index contributed by atoms with van der Waals surface area (Å²) in [6, 6.07) is 9.29. The van der Waals surface area contributed by atoms with E-state index in [0.717, 1.165) is 36.3 Å². The van der Waals surface area contributed by atoms with Crippen LogP contribution in [0.5, 0.6) is 17.2 Å². The summed E-state index contributed by atoms with van der Waals surface area (Å²) in [6.45, 7) is 5.23. The number of methoxy groups -OCH3 is 3. The van der Waals surface area contributed by atoms with Crippen molar-refractivity contribution in [1.82, 2.24) is 5.32 Å². The molecule has 2 aromatic rings. The molecule has 1 aliphatic heterocycles. The first kappa shape index (κ1) is 23.4. The minimum atomic E-state index is -0.354. The molecular weight excluding hydrogens is 410 g/mol. The number of anilines is 1. The fourth-order valence-corrected chi connectivity index (χ4v) is 3.48. The number of ether oxygens (including phenoxy) is 4. The number of nitrogens with zero attached hydrogens (tertiary/aromatic N) is 1. The zero-order chi connectivity index (χ0) is 23.1. The Morgan fingerprint density at radius 3 is 2.41 bits per heavy atom. The Balaban J connectivity index is 1.87. The first-order chi connectivity index (χ1) is 15.4. The van der Waals surface area contributed by atoms with E-state index in [4.69, 9.17) is 18.9 Å². The minimum absolute atomic E-state index is 0.0588. The van der Waals surface area contributed by atoms with Gasteiger partial charge in [0, 0.05) is 17.9 Å². The Morgan fingerprint density at radius 1 is 1.09 bits per heavy atom. The van der Waals surface area contributed by atoms with Gasteiger partial charge in [0.15, 0.2) is 11.5 Å². The molecule has 3 rings (SSSR count). The maximum absolute atomic E-state index is 13.1. The minimum Gasteiger partial charge on any atom is -0.493 e. The normalized spacial score (nSPS) is 15.9. The Labute approximate surface area is 188 Å². The van der Waals surface area contributed by atoms with Gasteiger partial charge in [-0.2, -0.15) is 0 Å². The third-order valence-electron chi connectivity index (χ3n) is 5.28. The molecule has 172 valence electrons. The molecule has 1 heterocycles. The standard InChI is InChI=1S/C24H31N3O5/c1-15-8-9-16(2)19(11-15)26-24(25-14-18-7-6-10-32-18)27-23(28)17-12-20(29-3)22(31-5)21(13-17)30-4/h8-9,11-13,18H,6-7,10,14H2,1-5H3,(H2,25,26,27,28)/t18-/m0/s1. The van der Waals surface area contributed by atoms with Crippen molar-refractivity contribution in [2.24, 2.45) is 4.99 Å². The van der Waals surface area contributed by atoms with Crippen molar-refractivity contribution < 1.29 is 23.7 Å². The van der Waals surface area contributed by atoms with Gasteiger partial charge >= 0.3 is 0 Å². The molecule has 1 aliphatic rings. The molecule has 0 spiro atoms. The van der Waals surface area contributed by atoms with Gasteiger partial charge in [-0.05, 0) is 56.0 Å². The second-order valence-electron chi connectivity index (χ2n) is 7.64. The zero-order valence-corrected chi connectivity index (χ0v) is 19.3. The van der Waals surface area contributed by atoms with Gasteiger partial charge in [0.25, 0.3) is 5.91 Å². The summed E-state index contributed by atoms with van der Waals surface area (Å²) in [4.78, 5) is 17.7. The van der Waals surface area contributed by atoms with E-state index in [-0.39, 0.29) is 12.0 Å². The molecule has 1 fully saturated rings. The number of aryl methyl sites for hydroxylation is 2. The summed E-state index contributed by atoms with van der Waals surface area (Å²) in [5.74, 6) is 1.23. The Kier molecular flexibility index (Phi) is 7.94. The monoisotopic (exact) mass is 441 g/mol. The van der Waals surface area contributed by atoms with Gasteiger partial charge in [0.05, 0.1) is 34.0 Å².